The molecule has 0 saturated carbocycles. The topological polar surface area (TPSA) is 30.7 Å². The Morgan fingerprint density at radius 1 is 1.62 bits per heavy atom. The first-order valence-electron chi connectivity index (χ1n) is 4.69. The maximum absolute atomic E-state index is 4.02. The van der Waals surface area contributed by atoms with Crippen LogP contribution in [0.15, 0.2) is 11.9 Å². The van der Waals surface area contributed by atoms with E-state index in [0.29, 0.717) is 5.92 Å². The van der Waals surface area contributed by atoms with Crippen LogP contribution in [-0.4, -0.2) is 14.8 Å². The molecule has 0 aliphatic carbocycles. The largest absolute Gasteiger partial charge is 0.317 e. The molecule has 1 heterocycles. The van der Waals surface area contributed by atoms with E-state index in [2.05, 4.69) is 37.0 Å². The van der Waals surface area contributed by atoms with Gasteiger partial charge in [0, 0.05) is 7.05 Å². The van der Waals surface area contributed by atoms with E-state index < -0.39 is 0 Å². The third-order valence-electron chi connectivity index (χ3n) is 2.21. The van der Waals surface area contributed by atoms with E-state index in [4.69, 9.17) is 0 Å². The third kappa shape index (κ3) is 2.41. The summed E-state index contributed by atoms with van der Waals surface area (Å²) in [6.45, 7) is 6.57. The van der Waals surface area contributed by atoms with Crippen molar-refractivity contribution in [2.75, 3.05) is 0 Å². The zero-order chi connectivity index (χ0) is 9.84. The summed E-state index contributed by atoms with van der Waals surface area (Å²) in [5.41, 5.74) is 1.41. The molecule has 3 nitrogen and oxygen atoms in total. The van der Waals surface area contributed by atoms with E-state index in [1.165, 1.54) is 5.57 Å². The molecule has 0 aromatic carbocycles. The second-order valence-corrected chi connectivity index (χ2v) is 3.53. The molecule has 0 radical (unpaired) electrons. The molecule has 0 spiro atoms. The molecule has 0 bridgehead atoms. The van der Waals surface area contributed by atoms with Crippen molar-refractivity contribution in [2.24, 2.45) is 13.0 Å². The first-order chi connectivity index (χ1) is 6.15. The minimum Gasteiger partial charge on any atom is -0.317 e. The average Bonchev–Trinajstić information content (AvgIpc) is 2.46. The summed E-state index contributed by atoms with van der Waals surface area (Å²) in [4.78, 5) is 0. The Hall–Kier alpha value is -1.12. The third-order valence-corrected chi connectivity index (χ3v) is 2.21. The zero-order valence-electron chi connectivity index (χ0n) is 8.78. The van der Waals surface area contributed by atoms with Gasteiger partial charge in [0.15, 0.2) is 5.82 Å². The molecule has 0 amide bonds. The van der Waals surface area contributed by atoms with Gasteiger partial charge in [0.05, 0.1) is 0 Å². The number of hydrogen-bond acceptors (Lipinski definition) is 2. The Kier molecular flexibility index (Phi) is 3.23. The maximum Gasteiger partial charge on any atom is 0.156 e. The average molecular weight is 179 g/mol. The Labute approximate surface area is 79.5 Å². The number of rotatable bonds is 3. The van der Waals surface area contributed by atoms with E-state index in [0.717, 1.165) is 12.2 Å². The second kappa shape index (κ2) is 4.21. The molecular weight excluding hydrogens is 162 g/mol. The number of nitrogens with zero attached hydrogens (tertiary/aromatic N) is 3. The van der Waals surface area contributed by atoms with Gasteiger partial charge in [-0.2, -0.15) is 0 Å². The fourth-order valence-electron chi connectivity index (χ4n) is 1.27. The van der Waals surface area contributed by atoms with Crippen LogP contribution in [0, 0.1) is 5.92 Å². The normalized spacial score (nSPS) is 12.5. The van der Waals surface area contributed by atoms with E-state index in [-0.39, 0.29) is 0 Å². The molecule has 0 aliphatic rings. The van der Waals surface area contributed by atoms with E-state index in [1.54, 1.807) is 6.33 Å². The quantitative estimate of drug-likeness (QED) is 0.712. The molecule has 0 unspecified atom stereocenters. The minimum absolute atomic E-state index is 0.585. The van der Waals surface area contributed by atoms with Crippen molar-refractivity contribution in [1.82, 2.24) is 14.8 Å². The van der Waals surface area contributed by atoms with Gasteiger partial charge in [0.1, 0.15) is 6.33 Å². The first kappa shape index (κ1) is 9.96. The number of allylic oxidation sites excluding steroid dienone is 1. The fraction of sp³-hybridized carbons (Fsp3) is 0.600. The molecule has 1 rings (SSSR count). The Bertz CT molecular complexity index is 297. The smallest absolute Gasteiger partial charge is 0.156 e. The molecule has 0 atom stereocenters. The van der Waals surface area contributed by atoms with E-state index in [9.17, 15) is 0 Å². The lowest BCUT2D eigenvalue weighted by molar-refractivity contribution is 0.736. The monoisotopic (exact) mass is 179 g/mol. The van der Waals surface area contributed by atoms with Crippen molar-refractivity contribution in [1.29, 1.82) is 0 Å². The summed E-state index contributed by atoms with van der Waals surface area (Å²) in [7, 11) is 1.96. The Morgan fingerprint density at radius 3 is 2.69 bits per heavy atom. The summed E-state index contributed by atoms with van der Waals surface area (Å²) in [6, 6.07) is 0. The van der Waals surface area contributed by atoms with Gasteiger partial charge in [-0.15, -0.1) is 10.2 Å². The molecule has 1 aromatic heterocycles. The highest BCUT2D eigenvalue weighted by atomic mass is 15.2. The summed E-state index contributed by atoms with van der Waals surface area (Å²) in [5.74, 6) is 1.52. The zero-order valence-corrected chi connectivity index (χ0v) is 8.78. The Balaban J connectivity index is 2.91. The molecule has 1 aromatic rings. The lowest BCUT2D eigenvalue weighted by atomic mass is 10.0. The van der Waals surface area contributed by atoms with Crippen molar-refractivity contribution < 1.29 is 0 Å². The second-order valence-electron chi connectivity index (χ2n) is 3.53. The van der Waals surface area contributed by atoms with Crippen LogP contribution in [0.5, 0.6) is 0 Å². The highest BCUT2D eigenvalue weighted by molar-refractivity contribution is 5.45. The van der Waals surface area contributed by atoms with Crippen molar-refractivity contribution in [3.63, 3.8) is 0 Å². The van der Waals surface area contributed by atoms with Gasteiger partial charge in [-0.3, -0.25) is 0 Å². The van der Waals surface area contributed by atoms with Gasteiger partial charge < -0.3 is 4.57 Å². The van der Waals surface area contributed by atoms with Gasteiger partial charge in [-0.1, -0.05) is 26.3 Å². The van der Waals surface area contributed by atoms with Crippen molar-refractivity contribution in [3.05, 3.63) is 17.7 Å². The maximum atomic E-state index is 4.02. The number of aromatic nitrogens is 3. The van der Waals surface area contributed by atoms with Crippen LogP contribution in [-0.2, 0) is 7.05 Å². The van der Waals surface area contributed by atoms with Crippen LogP contribution in [0.3, 0.4) is 0 Å². The van der Waals surface area contributed by atoms with E-state index in [1.807, 2.05) is 11.6 Å². The van der Waals surface area contributed by atoms with Crippen LogP contribution >= 0.6 is 0 Å². The van der Waals surface area contributed by atoms with Gasteiger partial charge in [0.25, 0.3) is 0 Å². The molecule has 3 heteroatoms. The Morgan fingerprint density at radius 2 is 2.31 bits per heavy atom. The standard InChI is InChI=1S/C10H17N3/c1-5-9(8(2)3)6-10-12-11-7-13(10)4/h6-8H,5H2,1-4H3/b9-6+. The summed E-state index contributed by atoms with van der Waals surface area (Å²) in [5, 5.41) is 7.86. The summed E-state index contributed by atoms with van der Waals surface area (Å²) >= 11 is 0. The first-order valence-corrected chi connectivity index (χ1v) is 4.69. The van der Waals surface area contributed by atoms with Gasteiger partial charge >= 0.3 is 0 Å². The van der Waals surface area contributed by atoms with Crippen LogP contribution in [0.4, 0.5) is 0 Å². The summed E-state index contributed by atoms with van der Waals surface area (Å²) < 4.78 is 1.93. The predicted octanol–water partition coefficient (Wildman–Crippen LogP) is 2.26. The SMILES string of the molecule is CC/C(=C\c1nncn1C)C(C)C. The van der Waals surface area contributed by atoms with Crippen LogP contribution < -0.4 is 0 Å². The van der Waals surface area contributed by atoms with Crippen LogP contribution in [0.1, 0.15) is 33.0 Å². The molecule has 72 valence electrons. The molecular formula is C10H17N3. The van der Waals surface area contributed by atoms with E-state index >= 15 is 0 Å². The van der Waals surface area contributed by atoms with Gasteiger partial charge in [-0.25, -0.2) is 0 Å². The lowest BCUT2D eigenvalue weighted by Crippen LogP contribution is -1.96. The van der Waals surface area contributed by atoms with Crippen LogP contribution in [0.25, 0.3) is 6.08 Å². The molecule has 0 N–H and O–H groups in total. The molecule has 0 aliphatic heterocycles. The number of hydrogen-bond donors (Lipinski definition) is 0. The van der Waals surface area contributed by atoms with Gasteiger partial charge in [0.2, 0.25) is 0 Å². The summed E-state index contributed by atoms with van der Waals surface area (Å²) in [6.07, 6.45) is 4.92. The minimum atomic E-state index is 0.585. The predicted molar refractivity (Wildman–Crippen MR) is 54.1 cm³/mol. The highest BCUT2D eigenvalue weighted by Crippen LogP contribution is 2.16. The van der Waals surface area contributed by atoms with Crippen molar-refractivity contribution in [3.8, 4) is 0 Å². The molecule has 13 heavy (non-hydrogen) atoms. The lowest BCUT2D eigenvalue weighted by Gasteiger charge is -2.07. The van der Waals surface area contributed by atoms with Gasteiger partial charge in [-0.05, 0) is 18.4 Å². The van der Waals surface area contributed by atoms with Crippen LogP contribution in [0.2, 0.25) is 0 Å². The highest BCUT2D eigenvalue weighted by Gasteiger charge is 2.03. The van der Waals surface area contributed by atoms with Crippen molar-refractivity contribution in [2.45, 2.75) is 27.2 Å². The van der Waals surface area contributed by atoms with Crippen molar-refractivity contribution >= 4 is 6.08 Å². The number of aryl methyl sites for hydroxylation is 1. The molecule has 0 fully saturated rings. The fourth-order valence-corrected chi connectivity index (χ4v) is 1.27. The molecule has 0 saturated heterocycles.